The van der Waals surface area contributed by atoms with Crippen LogP contribution in [0.5, 0.6) is 23.0 Å². The second-order valence-electron chi connectivity index (χ2n) is 9.10. The van der Waals surface area contributed by atoms with Crippen molar-refractivity contribution in [3.8, 4) is 23.0 Å². The Morgan fingerprint density at radius 1 is 0.694 bits per heavy atom. The fourth-order valence-electron chi connectivity index (χ4n) is 4.29. The van der Waals surface area contributed by atoms with Gasteiger partial charge in [-0.3, -0.25) is 19.2 Å². The molecule has 0 aromatic heterocycles. The summed E-state index contributed by atoms with van der Waals surface area (Å²) < 4.78 is 10.9. The lowest BCUT2D eigenvalue weighted by Crippen LogP contribution is -2.30. The molecule has 0 radical (unpaired) electrons. The van der Waals surface area contributed by atoms with Crippen LogP contribution in [0.4, 0.5) is 0 Å². The third kappa shape index (κ3) is 6.71. The molecule has 8 heteroatoms. The number of benzene rings is 2. The molecular weight excluding hydrogens is 464 g/mol. The number of carbonyl (C=O) groups excluding carboxylic acids is 4. The summed E-state index contributed by atoms with van der Waals surface area (Å²) in [5.74, 6) is -2.04. The van der Waals surface area contributed by atoms with Crippen LogP contribution in [0.3, 0.4) is 0 Å². The predicted molar refractivity (Wildman–Crippen MR) is 131 cm³/mol. The molecule has 0 aliphatic heterocycles. The van der Waals surface area contributed by atoms with Crippen LogP contribution >= 0.6 is 0 Å². The number of ketones is 2. The summed E-state index contributed by atoms with van der Waals surface area (Å²) in [5, 5.41) is 19.9. The molecule has 3 rings (SSSR count). The van der Waals surface area contributed by atoms with Crippen LogP contribution in [0.15, 0.2) is 36.4 Å². The van der Waals surface area contributed by atoms with E-state index in [1.165, 1.54) is 36.4 Å². The van der Waals surface area contributed by atoms with E-state index in [-0.39, 0.29) is 58.5 Å². The van der Waals surface area contributed by atoms with Gasteiger partial charge in [-0.05, 0) is 74.9 Å². The first-order valence-electron chi connectivity index (χ1n) is 12.4. The molecule has 2 aromatic rings. The number of phenols is 2. The van der Waals surface area contributed by atoms with Crippen molar-refractivity contribution in [2.24, 2.45) is 11.8 Å². The summed E-state index contributed by atoms with van der Waals surface area (Å²) >= 11 is 0. The van der Waals surface area contributed by atoms with E-state index in [0.29, 0.717) is 38.5 Å². The largest absolute Gasteiger partial charge is 0.507 e. The van der Waals surface area contributed by atoms with Gasteiger partial charge in [-0.2, -0.15) is 0 Å². The average Bonchev–Trinajstić information content (AvgIpc) is 2.86. The molecule has 2 N–H and O–H groups in total. The predicted octanol–water partition coefficient (Wildman–Crippen LogP) is 5.38. The van der Waals surface area contributed by atoms with Crippen LogP contribution in [-0.4, -0.2) is 33.7 Å². The van der Waals surface area contributed by atoms with E-state index >= 15 is 0 Å². The normalized spacial score (nSPS) is 17.3. The Bertz CT molecular complexity index is 1040. The van der Waals surface area contributed by atoms with Gasteiger partial charge in [0.15, 0.2) is 11.6 Å². The molecule has 1 aliphatic carbocycles. The Hall–Kier alpha value is -3.68. The number of hydrogen-bond acceptors (Lipinski definition) is 8. The van der Waals surface area contributed by atoms with Gasteiger partial charge in [0.25, 0.3) is 0 Å². The van der Waals surface area contributed by atoms with Gasteiger partial charge in [0.2, 0.25) is 0 Å². The van der Waals surface area contributed by atoms with Crippen LogP contribution in [-0.2, 0) is 9.59 Å². The molecule has 192 valence electrons. The summed E-state index contributed by atoms with van der Waals surface area (Å²) in [6, 6.07) is 8.31. The molecule has 0 saturated heterocycles. The molecule has 0 atom stereocenters. The van der Waals surface area contributed by atoms with Crippen LogP contribution < -0.4 is 9.47 Å². The highest BCUT2D eigenvalue weighted by molar-refractivity contribution is 5.99. The number of ether oxygens (including phenoxy) is 2. The molecule has 0 amide bonds. The minimum atomic E-state index is -0.445. The highest BCUT2D eigenvalue weighted by atomic mass is 16.5. The van der Waals surface area contributed by atoms with Crippen molar-refractivity contribution in [1.29, 1.82) is 0 Å². The standard InChI is InChI=1S/C28H32O8/c1-3-5-23(29)21-15-19(11-13-25(21)31)35-27(33)17-7-9-18(10-8-17)28(34)36-20-12-14-26(32)22(16-20)24(30)6-4-2/h11-18,31-32H,3-10H2,1-2H3/t17-,18-. The van der Waals surface area contributed by atoms with Gasteiger partial charge in [0.1, 0.15) is 23.0 Å². The number of hydrogen-bond donors (Lipinski definition) is 2. The van der Waals surface area contributed by atoms with Gasteiger partial charge in [0, 0.05) is 12.8 Å². The van der Waals surface area contributed by atoms with Crippen molar-refractivity contribution >= 4 is 23.5 Å². The van der Waals surface area contributed by atoms with E-state index in [2.05, 4.69) is 0 Å². The molecule has 8 nitrogen and oxygen atoms in total. The summed E-state index contributed by atoms with van der Waals surface area (Å²) in [6.45, 7) is 3.73. The van der Waals surface area contributed by atoms with Crippen molar-refractivity contribution < 1.29 is 38.9 Å². The number of esters is 2. The fraction of sp³-hybridized carbons (Fsp3) is 0.429. The molecule has 1 aliphatic rings. The lowest BCUT2D eigenvalue weighted by Gasteiger charge is -2.26. The minimum absolute atomic E-state index is 0.127. The van der Waals surface area contributed by atoms with Gasteiger partial charge in [-0.1, -0.05) is 13.8 Å². The van der Waals surface area contributed by atoms with Gasteiger partial charge >= 0.3 is 11.9 Å². The maximum atomic E-state index is 12.7. The highest BCUT2D eigenvalue weighted by Gasteiger charge is 2.32. The Morgan fingerprint density at radius 3 is 1.39 bits per heavy atom. The van der Waals surface area contributed by atoms with Crippen molar-refractivity contribution in [2.75, 3.05) is 0 Å². The van der Waals surface area contributed by atoms with Crippen LogP contribution in [0.2, 0.25) is 0 Å². The third-order valence-electron chi connectivity index (χ3n) is 6.32. The van der Waals surface area contributed by atoms with E-state index in [1.807, 2.05) is 13.8 Å². The Morgan fingerprint density at radius 2 is 1.06 bits per heavy atom. The number of carbonyl (C=O) groups is 4. The maximum Gasteiger partial charge on any atom is 0.314 e. The highest BCUT2D eigenvalue weighted by Crippen LogP contribution is 2.33. The van der Waals surface area contributed by atoms with Gasteiger partial charge in [0.05, 0.1) is 23.0 Å². The zero-order valence-corrected chi connectivity index (χ0v) is 20.6. The van der Waals surface area contributed by atoms with Crippen molar-refractivity contribution in [1.82, 2.24) is 0 Å². The van der Waals surface area contributed by atoms with E-state index < -0.39 is 23.8 Å². The number of aromatic hydroxyl groups is 2. The molecular formula is C28H32O8. The second kappa shape index (κ2) is 12.3. The fourth-order valence-corrected chi connectivity index (χ4v) is 4.29. The summed E-state index contributed by atoms with van der Waals surface area (Å²) in [6.07, 6.45) is 3.60. The van der Waals surface area contributed by atoms with E-state index in [0.717, 1.165) is 0 Å². The quantitative estimate of drug-likeness (QED) is 0.255. The number of rotatable bonds is 10. The molecule has 2 aromatic carbocycles. The molecule has 0 unspecified atom stereocenters. The zero-order valence-electron chi connectivity index (χ0n) is 20.6. The molecule has 0 spiro atoms. The van der Waals surface area contributed by atoms with Crippen molar-refractivity contribution in [2.45, 2.75) is 65.2 Å². The Kier molecular flexibility index (Phi) is 9.22. The van der Waals surface area contributed by atoms with E-state index in [1.54, 1.807) is 0 Å². The molecule has 36 heavy (non-hydrogen) atoms. The summed E-state index contributed by atoms with van der Waals surface area (Å²) in [4.78, 5) is 49.7. The third-order valence-corrected chi connectivity index (χ3v) is 6.32. The van der Waals surface area contributed by atoms with E-state index in [4.69, 9.17) is 9.47 Å². The summed E-state index contributed by atoms with van der Waals surface area (Å²) in [7, 11) is 0. The molecule has 1 fully saturated rings. The van der Waals surface area contributed by atoms with E-state index in [9.17, 15) is 29.4 Å². The zero-order chi connectivity index (χ0) is 26.2. The lowest BCUT2D eigenvalue weighted by molar-refractivity contribution is -0.145. The molecule has 0 heterocycles. The van der Waals surface area contributed by atoms with Crippen LogP contribution in [0.1, 0.15) is 85.9 Å². The summed E-state index contributed by atoms with van der Waals surface area (Å²) in [5.41, 5.74) is 0.254. The van der Waals surface area contributed by atoms with Crippen LogP contribution in [0, 0.1) is 11.8 Å². The van der Waals surface area contributed by atoms with Gasteiger partial charge in [-0.25, -0.2) is 0 Å². The first-order valence-corrected chi connectivity index (χ1v) is 12.4. The van der Waals surface area contributed by atoms with Crippen molar-refractivity contribution in [3.05, 3.63) is 47.5 Å². The number of phenolic OH excluding ortho intramolecular Hbond substituents is 2. The maximum absolute atomic E-state index is 12.7. The Labute approximate surface area is 210 Å². The first-order chi connectivity index (χ1) is 17.2. The Balaban J connectivity index is 1.55. The smallest absolute Gasteiger partial charge is 0.314 e. The van der Waals surface area contributed by atoms with Crippen LogP contribution in [0.25, 0.3) is 0 Å². The molecule has 1 saturated carbocycles. The first kappa shape index (κ1) is 26.9. The van der Waals surface area contributed by atoms with Gasteiger partial charge in [-0.15, -0.1) is 0 Å². The van der Waals surface area contributed by atoms with Gasteiger partial charge < -0.3 is 19.7 Å². The average molecular weight is 497 g/mol. The SMILES string of the molecule is CCCC(=O)c1cc(OC(=O)[C@H]2CC[C@H](C(=O)Oc3ccc(O)c(C(=O)CCC)c3)CC2)ccc1O. The molecule has 0 bridgehead atoms. The monoisotopic (exact) mass is 496 g/mol. The number of Topliss-reactive ketones (excluding diaryl/α,β-unsaturated/α-hetero) is 2. The topological polar surface area (TPSA) is 127 Å². The van der Waals surface area contributed by atoms with Crippen molar-refractivity contribution in [3.63, 3.8) is 0 Å². The second-order valence-corrected chi connectivity index (χ2v) is 9.10. The minimum Gasteiger partial charge on any atom is -0.507 e. The lowest BCUT2D eigenvalue weighted by atomic mass is 9.82.